The van der Waals surface area contributed by atoms with Gasteiger partial charge in [-0.3, -0.25) is 0 Å². The minimum absolute atomic E-state index is 0.102. The highest BCUT2D eigenvalue weighted by Crippen LogP contribution is 2.22. The molecule has 1 heterocycles. The molecule has 0 saturated heterocycles. The van der Waals surface area contributed by atoms with Crippen LogP contribution in [-0.2, 0) is 4.79 Å². The van der Waals surface area contributed by atoms with E-state index in [0.29, 0.717) is 15.8 Å². The number of carbonyl (C=O) groups is 1. The Morgan fingerprint density at radius 3 is 2.56 bits per heavy atom. The van der Waals surface area contributed by atoms with Crippen LogP contribution in [-0.4, -0.2) is 16.1 Å². The molecule has 0 unspecified atom stereocenters. The van der Waals surface area contributed by atoms with Gasteiger partial charge in [-0.1, -0.05) is 23.7 Å². The maximum absolute atomic E-state index is 11.2. The highest BCUT2D eigenvalue weighted by atomic mass is 35.5. The molecule has 0 aliphatic carbocycles. The standard InChI is InChI=1S/C12H9ClN2O2S/c13-8-3-1-7(2-4-8)5-9(11(16)17)10-6-18-12(14)15-10/h1-6H,(H2,14,15)(H,16,17)/b9-5-. The first-order chi connectivity index (χ1) is 8.56. The van der Waals surface area contributed by atoms with E-state index in [1.54, 1.807) is 29.6 Å². The van der Waals surface area contributed by atoms with E-state index in [1.165, 1.54) is 17.4 Å². The van der Waals surface area contributed by atoms with Crippen molar-refractivity contribution < 1.29 is 9.90 Å². The Balaban J connectivity index is 2.42. The summed E-state index contributed by atoms with van der Waals surface area (Å²) in [5.41, 5.74) is 6.70. The fourth-order valence-corrected chi connectivity index (χ4v) is 2.07. The average Bonchev–Trinajstić information content (AvgIpc) is 2.74. The third-order valence-corrected chi connectivity index (χ3v) is 3.14. The molecule has 0 amide bonds. The van der Waals surface area contributed by atoms with Crippen molar-refractivity contribution in [2.24, 2.45) is 0 Å². The number of nitrogen functional groups attached to an aromatic ring is 1. The summed E-state index contributed by atoms with van der Waals surface area (Å²) < 4.78 is 0. The number of halogens is 1. The van der Waals surface area contributed by atoms with Crippen LogP contribution in [0.4, 0.5) is 5.13 Å². The summed E-state index contributed by atoms with van der Waals surface area (Å²) in [6, 6.07) is 6.87. The molecule has 0 aliphatic heterocycles. The third-order valence-electron chi connectivity index (χ3n) is 2.21. The number of hydrogen-bond donors (Lipinski definition) is 2. The first-order valence-corrected chi connectivity index (χ1v) is 6.24. The van der Waals surface area contributed by atoms with Gasteiger partial charge >= 0.3 is 5.97 Å². The zero-order chi connectivity index (χ0) is 13.1. The first kappa shape index (κ1) is 12.6. The molecule has 4 nitrogen and oxygen atoms in total. The molecule has 0 spiro atoms. The van der Waals surface area contributed by atoms with Crippen LogP contribution < -0.4 is 5.73 Å². The SMILES string of the molecule is Nc1nc(/C(=C/c2ccc(Cl)cc2)C(=O)O)cs1. The van der Waals surface area contributed by atoms with Crippen molar-refractivity contribution in [3.8, 4) is 0 Å². The molecule has 3 N–H and O–H groups in total. The van der Waals surface area contributed by atoms with Crippen LogP contribution in [0.3, 0.4) is 0 Å². The fourth-order valence-electron chi connectivity index (χ4n) is 1.38. The van der Waals surface area contributed by atoms with Gasteiger partial charge in [-0.05, 0) is 23.8 Å². The topological polar surface area (TPSA) is 76.2 Å². The Kier molecular flexibility index (Phi) is 3.64. The van der Waals surface area contributed by atoms with Crippen molar-refractivity contribution in [2.75, 3.05) is 5.73 Å². The lowest BCUT2D eigenvalue weighted by Crippen LogP contribution is -2.00. The van der Waals surface area contributed by atoms with Gasteiger partial charge in [0.2, 0.25) is 0 Å². The molecule has 6 heteroatoms. The molecule has 0 fully saturated rings. The van der Waals surface area contributed by atoms with Gasteiger partial charge in [-0.25, -0.2) is 9.78 Å². The molecule has 0 saturated carbocycles. The van der Waals surface area contributed by atoms with Gasteiger partial charge in [0.25, 0.3) is 0 Å². The van der Waals surface area contributed by atoms with Crippen LogP contribution in [0.2, 0.25) is 5.02 Å². The van der Waals surface area contributed by atoms with E-state index in [1.807, 2.05) is 0 Å². The lowest BCUT2D eigenvalue weighted by atomic mass is 10.1. The molecule has 2 rings (SSSR count). The highest BCUT2D eigenvalue weighted by Gasteiger charge is 2.13. The number of aliphatic carboxylic acids is 1. The molecule has 0 radical (unpaired) electrons. The average molecular weight is 281 g/mol. The van der Waals surface area contributed by atoms with Gasteiger partial charge in [-0.2, -0.15) is 0 Å². The van der Waals surface area contributed by atoms with E-state index < -0.39 is 5.97 Å². The number of anilines is 1. The first-order valence-electron chi connectivity index (χ1n) is 4.98. The second-order valence-corrected chi connectivity index (χ2v) is 4.81. The van der Waals surface area contributed by atoms with Crippen molar-refractivity contribution >= 4 is 45.7 Å². The lowest BCUT2D eigenvalue weighted by molar-refractivity contribution is -0.130. The van der Waals surface area contributed by atoms with Crippen LogP contribution in [0, 0.1) is 0 Å². The van der Waals surface area contributed by atoms with Gasteiger partial charge < -0.3 is 10.8 Å². The Morgan fingerprint density at radius 2 is 2.06 bits per heavy atom. The Bertz CT molecular complexity index is 605. The highest BCUT2D eigenvalue weighted by molar-refractivity contribution is 7.13. The minimum Gasteiger partial charge on any atom is -0.478 e. The van der Waals surface area contributed by atoms with Crippen molar-refractivity contribution in [1.29, 1.82) is 0 Å². The van der Waals surface area contributed by atoms with Gasteiger partial charge in [0.1, 0.15) is 0 Å². The predicted molar refractivity (Wildman–Crippen MR) is 73.5 cm³/mol. The summed E-state index contributed by atoms with van der Waals surface area (Å²) in [6.07, 6.45) is 1.53. The second-order valence-electron chi connectivity index (χ2n) is 3.49. The molecule has 0 atom stereocenters. The lowest BCUT2D eigenvalue weighted by Gasteiger charge is -1.99. The quantitative estimate of drug-likeness (QED) is 0.848. The van der Waals surface area contributed by atoms with E-state index in [4.69, 9.17) is 17.3 Å². The molecular weight excluding hydrogens is 272 g/mol. The second kappa shape index (κ2) is 5.20. The molecule has 1 aromatic heterocycles. The van der Waals surface area contributed by atoms with Gasteiger partial charge in [0.15, 0.2) is 5.13 Å². The van der Waals surface area contributed by atoms with Crippen molar-refractivity contribution in [3.63, 3.8) is 0 Å². The fraction of sp³-hybridized carbons (Fsp3) is 0. The normalized spacial score (nSPS) is 11.5. The van der Waals surface area contributed by atoms with Gasteiger partial charge in [-0.15, -0.1) is 11.3 Å². The van der Waals surface area contributed by atoms with E-state index in [-0.39, 0.29) is 5.57 Å². The number of nitrogens with zero attached hydrogens (tertiary/aromatic N) is 1. The number of rotatable bonds is 3. The van der Waals surface area contributed by atoms with Gasteiger partial charge in [0.05, 0.1) is 11.3 Å². The predicted octanol–water partition coefficient (Wildman–Crippen LogP) is 3.00. The molecule has 1 aromatic carbocycles. The van der Waals surface area contributed by atoms with Crippen LogP contribution in [0.25, 0.3) is 11.6 Å². The molecule has 2 aromatic rings. The van der Waals surface area contributed by atoms with Crippen LogP contribution in [0.1, 0.15) is 11.3 Å². The monoisotopic (exact) mass is 280 g/mol. The summed E-state index contributed by atoms with van der Waals surface area (Å²) >= 11 is 6.97. The van der Waals surface area contributed by atoms with E-state index >= 15 is 0 Å². The van der Waals surface area contributed by atoms with Crippen LogP contribution in [0.15, 0.2) is 29.6 Å². The zero-order valence-electron chi connectivity index (χ0n) is 9.13. The summed E-state index contributed by atoms with van der Waals surface area (Å²) in [5, 5.41) is 11.7. The maximum Gasteiger partial charge on any atom is 0.337 e. The van der Waals surface area contributed by atoms with Gasteiger partial charge in [0, 0.05) is 10.4 Å². The number of aromatic nitrogens is 1. The van der Waals surface area contributed by atoms with E-state index in [9.17, 15) is 9.90 Å². The minimum atomic E-state index is -1.05. The number of carboxylic acid groups (broad SMARTS) is 1. The van der Waals surface area contributed by atoms with Crippen molar-refractivity contribution in [1.82, 2.24) is 4.98 Å². The number of thiazole rings is 1. The number of benzene rings is 1. The van der Waals surface area contributed by atoms with E-state index in [2.05, 4.69) is 4.98 Å². The molecular formula is C12H9ClN2O2S. The molecule has 92 valence electrons. The zero-order valence-corrected chi connectivity index (χ0v) is 10.7. The maximum atomic E-state index is 11.2. The molecule has 18 heavy (non-hydrogen) atoms. The number of carboxylic acids is 1. The molecule has 0 bridgehead atoms. The Labute approximate surface area is 112 Å². The summed E-state index contributed by atoms with van der Waals surface area (Å²) in [6.45, 7) is 0. The van der Waals surface area contributed by atoms with Crippen LogP contribution >= 0.6 is 22.9 Å². The summed E-state index contributed by atoms with van der Waals surface area (Å²) in [4.78, 5) is 15.2. The van der Waals surface area contributed by atoms with Crippen molar-refractivity contribution in [2.45, 2.75) is 0 Å². The van der Waals surface area contributed by atoms with E-state index in [0.717, 1.165) is 5.56 Å². The summed E-state index contributed by atoms with van der Waals surface area (Å²) in [7, 11) is 0. The number of nitrogens with two attached hydrogens (primary N) is 1. The van der Waals surface area contributed by atoms with Crippen molar-refractivity contribution in [3.05, 3.63) is 45.9 Å². The largest absolute Gasteiger partial charge is 0.478 e. The smallest absolute Gasteiger partial charge is 0.337 e. The Hall–Kier alpha value is -1.85. The Morgan fingerprint density at radius 1 is 1.39 bits per heavy atom. The molecule has 0 aliphatic rings. The third kappa shape index (κ3) is 2.88. The summed E-state index contributed by atoms with van der Waals surface area (Å²) in [5.74, 6) is -1.05. The van der Waals surface area contributed by atoms with Crippen LogP contribution in [0.5, 0.6) is 0 Å². The number of hydrogen-bond acceptors (Lipinski definition) is 4.